The number of amides is 2. The SMILES string of the molecule is Cc1cccc(CN(C(=O)CSCc2ccc([N+](=O)[O-])cc2)[C@@H](Cc2ccccc2)C(=O)NCC(C)C)c1. The topological polar surface area (TPSA) is 92.6 Å². The molecule has 1 atom stereocenters. The molecule has 1 N–H and O–H groups in total. The molecular weight excluding hydrogens is 498 g/mol. The number of rotatable bonds is 13. The number of non-ortho nitro benzene ring substituents is 1. The molecule has 0 spiro atoms. The molecule has 3 aromatic carbocycles. The van der Waals surface area contributed by atoms with Crippen molar-refractivity contribution in [3.8, 4) is 0 Å². The van der Waals surface area contributed by atoms with Crippen LogP contribution in [0.1, 0.15) is 36.1 Å². The van der Waals surface area contributed by atoms with E-state index in [1.807, 2.05) is 75.4 Å². The van der Waals surface area contributed by atoms with Gasteiger partial charge in [0.1, 0.15) is 6.04 Å². The highest BCUT2D eigenvalue weighted by atomic mass is 32.2. The third-order valence-corrected chi connectivity index (χ3v) is 7.02. The Balaban J connectivity index is 1.82. The van der Waals surface area contributed by atoms with Crippen LogP contribution in [0.4, 0.5) is 5.69 Å². The number of carbonyl (C=O) groups excluding carboxylic acids is 2. The van der Waals surface area contributed by atoms with E-state index in [9.17, 15) is 19.7 Å². The van der Waals surface area contributed by atoms with Crippen molar-refractivity contribution in [1.29, 1.82) is 0 Å². The van der Waals surface area contributed by atoms with Crippen LogP contribution >= 0.6 is 11.8 Å². The van der Waals surface area contributed by atoms with Crippen LogP contribution in [0.15, 0.2) is 78.9 Å². The van der Waals surface area contributed by atoms with Gasteiger partial charge in [-0.1, -0.05) is 86.1 Å². The lowest BCUT2D eigenvalue weighted by Gasteiger charge is -2.32. The molecule has 38 heavy (non-hydrogen) atoms. The summed E-state index contributed by atoms with van der Waals surface area (Å²) in [5, 5.41) is 13.9. The second-order valence-corrected chi connectivity index (χ2v) is 10.8. The molecule has 0 aliphatic carbocycles. The maximum Gasteiger partial charge on any atom is 0.269 e. The summed E-state index contributed by atoms with van der Waals surface area (Å²) in [6.07, 6.45) is 0.412. The van der Waals surface area contributed by atoms with Crippen LogP contribution in [0.5, 0.6) is 0 Å². The Labute approximate surface area is 228 Å². The highest BCUT2D eigenvalue weighted by molar-refractivity contribution is 7.99. The largest absolute Gasteiger partial charge is 0.354 e. The van der Waals surface area contributed by atoms with Gasteiger partial charge in [0, 0.05) is 37.4 Å². The Bertz CT molecular complexity index is 1220. The number of nitrogens with zero attached hydrogens (tertiary/aromatic N) is 2. The van der Waals surface area contributed by atoms with Crippen LogP contribution in [0.3, 0.4) is 0 Å². The highest BCUT2D eigenvalue weighted by Crippen LogP contribution is 2.20. The Kier molecular flexibility index (Phi) is 10.9. The van der Waals surface area contributed by atoms with E-state index in [2.05, 4.69) is 5.32 Å². The zero-order valence-corrected chi connectivity index (χ0v) is 22.9. The summed E-state index contributed by atoms with van der Waals surface area (Å²) < 4.78 is 0. The van der Waals surface area contributed by atoms with Crippen molar-refractivity contribution < 1.29 is 14.5 Å². The van der Waals surface area contributed by atoms with Crippen molar-refractivity contribution in [2.75, 3.05) is 12.3 Å². The number of nitro groups is 1. The van der Waals surface area contributed by atoms with E-state index < -0.39 is 11.0 Å². The van der Waals surface area contributed by atoms with Gasteiger partial charge in [0.2, 0.25) is 11.8 Å². The monoisotopic (exact) mass is 533 g/mol. The van der Waals surface area contributed by atoms with Gasteiger partial charge < -0.3 is 10.2 Å². The lowest BCUT2D eigenvalue weighted by atomic mass is 10.0. The Morgan fingerprint density at radius 2 is 1.63 bits per heavy atom. The van der Waals surface area contributed by atoms with Crippen molar-refractivity contribution in [2.24, 2.45) is 5.92 Å². The molecule has 0 radical (unpaired) electrons. The first-order valence-corrected chi connectivity index (χ1v) is 13.9. The Morgan fingerprint density at radius 1 is 0.947 bits per heavy atom. The Hall–Kier alpha value is -3.65. The summed E-state index contributed by atoms with van der Waals surface area (Å²) >= 11 is 1.43. The van der Waals surface area contributed by atoms with Gasteiger partial charge in [-0.2, -0.15) is 0 Å². The molecule has 3 aromatic rings. The molecule has 0 aliphatic rings. The molecule has 3 rings (SSSR count). The van der Waals surface area contributed by atoms with E-state index >= 15 is 0 Å². The van der Waals surface area contributed by atoms with Gasteiger partial charge in [-0.15, -0.1) is 11.8 Å². The second-order valence-electron chi connectivity index (χ2n) is 9.77. The fraction of sp³-hybridized carbons (Fsp3) is 0.333. The van der Waals surface area contributed by atoms with Crippen molar-refractivity contribution in [3.05, 3.63) is 111 Å². The third kappa shape index (κ3) is 9.03. The zero-order valence-electron chi connectivity index (χ0n) is 22.1. The fourth-order valence-electron chi connectivity index (χ4n) is 4.04. The molecule has 0 heterocycles. The average molecular weight is 534 g/mol. The first kappa shape index (κ1) is 28.9. The zero-order chi connectivity index (χ0) is 27.5. The van der Waals surface area contributed by atoms with Crippen LogP contribution in [-0.2, 0) is 28.3 Å². The quantitative estimate of drug-likeness (QED) is 0.230. The first-order chi connectivity index (χ1) is 18.2. The number of hydrogen-bond donors (Lipinski definition) is 1. The molecule has 0 bridgehead atoms. The standard InChI is InChI=1S/C30H35N3O4S/c1-22(2)18-31-30(35)28(17-24-9-5-4-6-10-24)32(19-26-11-7-8-23(3)16-26)29(34)21-38-20-25-12-14-27(15-13-25)33(36)37/h4-16,22,28H,17-21H2,1-3H3,(H,31,35)/t28-/m0/s1. The summed E-state index contributed by atoms with van der Waals surface area (Å²) in [6.45, 7) is 6.94. The van der Waals surface area contributed by atoms with Gasteiger partial charge in [-0.25, -0.2) is 0 Å². The summed E-state index contributed by atoms with van der Waals surface area (Å²) in [4.78, 5) is 39.3. The minimum atomic E-state index is -0.663. The van der Waals surface area contributed by atoms with Crippen molar-refractivity contribution in [3.63, 3.8) is 0 Å². The molecule has 0 saturated heterocycles. The number of benzene rings is 3. The fourth-order valence-corrected chi connectivity index (χ4v) is 4.91. The second kappa shape index (κ2) is 14.3. The molecule has 8 heteroatoms. The van der Waals surface area contributed by atoms with Gasteiger partial charge >= 0.3 is 0 Å². The van der Waals surface area contributed by atoms with Gasteiger partial charge in [-0.3, -0.25) is 19.7 Å². The molecular formula is C30H35N3O4S. The molecule has 0 aliphatic heterocycles. The van der Waals surface area contributed by atoms with E-state index in [0.29, 0.717) is 25.3 Å². The van der Waals surface area contributed by atoms with Gasteiger partial charge in [-0.05, 0) is 29.5 Å². The lowest BCUT2D eigenvalue weighted by Crippen LogP contribution is -2.51. The molecule has 0 unspecified atom stereocenters. The number of hydrogen-bond acceptors (Lipinski definition) is 5. The van der Waals surface area contributed by atoms with Gasteiger partial charge in [0.15, 0.2) is 0 Å². The van der Waals surface area contributed by atoms with Crippen LogP contribution in [0, 0.1) is 23.0 Å². The van der Waals surface area contributed by atoms with E-state index in [1.54, 1.807) is 17.0 Å². The Morgan fingerprint density at radius 3 is 2.26 bits per heavy atom. The molecule has 7 nitrogen and oxygen atoms in total. The molecule has 0 saturated carbocycles. The molecule has 0 fully saturated rings. The first-order valence-electron chi connectivity index (χ1n) is 12.7. The number of thioether (sulfide) groups is 1. The van der Waals surface area contributed by atoms with E-state index in [0.717, 1.165) is 22.3 Å². The van der Waals surface area contributed by atoms with Crippen LogP contribution < -0.4 is 5.32 Å². The van der Waals surface area contributed by atoms with Crippen molar-refractivity contribution in [2.45, 2.75) is 45.5 Å². The maximum atomic E-state index is 13.7. The van der Waals surface area contributed by atoms with Crippen molar-refractivity contribution >= 4 is 29.3 Å². The average Bonchev–Trinajstić information content (AvgIpc) is 2.90. The van der Waals surface area contributed by atoms with E-state index in [-0.39, 0.29) is 29.2 Å². The normalized spacial score (nSPS) is 11.7. The number of nitro benzene ring substituents is 1. The van der Waals surface area contributed by atoms with Crippen LogP contribution in [0.2, 0.25) is 0 Å². The minimum absolute atomic E-state index is 0.0373. The van der Waals surface area contributed by atoms with Gasteiger partial charge in [0.25, 0.3) is 5.69 Å². The van der Waals surface area contributed by atoms with Gasteiger partial charge in [0.05, 0.1) is 10.7 Å². The summed E-state index contributed by atoms with van der Waals surface area (Å²) in [5.41, 5.74) is 3.97. The van der Waals surface area contributed by atoms with Crippen LogP contribution in [0.25, 0.3) is 0 Å². The maximum absolute atomic E-state index is 13.7. The summed E-state index contributed by atoms with van der Waals surface area (Å²) in [5.74, 6) is 0.716. The molecule has 2 amide bonds. The third-order valence-electron chi connectivity index (χ3n) is 6.03. The molecule has 200 valence electrons. The smallest absolute Gasteiger partial charge is 0.269 e. The predicted molar refractivity (Wildman–Crippen MR) is 153 cm³/mol. The summed E-state index contributed by atoms with van der Waals surface area (Å²) in [7, 11) is 0. The number of aryl methyl sites for hydroxylation is 1. The minimum Gasteiger partial charge on any atom is -0.354 e. The van der Waals surface area contributed by atoms with E-state index in [4.69, 9.17) is 0 Å². The number of carbonyl (C=O) groups is 2. The number of nitrogens with one attached hydrogen (secondary N) is 1. The lowest BCUT2D eigenvalue weighted by molar-refractivity contribution is -0.384. The van der Waals surface area contributed by atoms with Crippen molar-refractivity contribution in [1.82, 2.24) is 10.2 Å². The highest BCUT2D eigenvalue weighted by Gasteiger charge is 2.30. The summed E-state index contributed by atoms with van der Waals surface area (Å²) in [6, 6.07) is 23.4. The predicted octanol–water partition coefficient (Wildman–Crippen LogP) is 5.55. The van der Waals surface area contributed by atoms with Crippen LogP contribution in [-0.4, -0.2) is 40.0 Å². The molecule has 0 aromatic heterocycles. The van der Waals surface area contributed by atoms with E-state index in [1.165, 1.54) is 23.9 Å².